The summed E-state index contributed by atoms with van der Waals surface area (Å²) in [6.07, 6.45) is 5.90. The first-order chi connectivity index (χ1) is 11.5. The van der Waals surface area contributed by atoms with Crippen molar-refractivity contribution in [3.63, 3.8) is 0 Å². The SMILES string of the molecule is C#CCOc1ccc(-c2ccc(S(=O)(=O)NC(C)CC)cc2)cc1. The van der Waals surface area contributed by atoms with Crippen LogP contribution in [-0.2, 0) is 10.0 Å². The summed E-state index contributed by atoms with van der Waals surface area (Å²) in [6, 6.07) is 14.2. The number of terminal acetylenes is 1. The van der Waals surface area contributed by atoms with Crippen LogP contribution in [0, 0.1) is 12.3 Å². The molecule has 24 heavy (non-hydrogen) atoms. The first kappa shape index (κ1) is 18.1. The maximum atomic E-state index is 12.3. The van der Waals surface area contributed by atoms with Gasteiger partial charge in [0.1, 0.15) is 12.4 Å². The van der Waals surface area contributed by atoms with Crippen molar-refractivity contribution in [1.82, 2.24) is 4.72 Å². The minimum atomic E-state index is -3.48. The summed E-state index contributed by atoms with van der Waals surface area (Å²) in [5.41, 5.74) is 1.91. The van der Waals surface area contributed by atoms with Crippen LogP contribution >= 0.6 is 0 Å². The molecular formula is C19H21NO3S. The molecule has 0 aliphatic rings. The van der Waals surface area contributed by atoms with Crippen LogP contribution in [-0.4, -0.2) is 21.1 Å². The van der Waals surface area contributed by atoms with Crippen LogP contribution in [0.4, 0.5) is 0 Å². The highest BCUT2D eigenvalue weighted by Crippen LogP contribution is 2.24. The van der Waals surface area contributed by atoms with Gasteiger partial charge in [0.15, 0.2) is 0 Å². The number of benzene rings is 2. The van der Waals surface area contributed by atoms with Crippen LogP contribution < -0.4 is 9.46 Å². The molecule has 2 aromatic rings. The highest BCUT2D eigenvalue weighted by molar-refractivity contribution is 7.89. The smallest absolute Gasteiger partial charge is 0.240 e. The Balaban J connectivity index is 2.16. The molecule has 0 aliphatic carbocycles. The van der Waals surface area contributed by atoms with E-state index < -0.39 is 10.0 Å². The van der Waals surface area contributed by atoms with Gasteiger partial charge < -0.3 is 4.74 Å². The molecule has 0 amide bonds. The van der Waals surface area contributed by atoms with E-state index in [1.165, 1.54) is 0 Å². The second-order valence-electron chi connectivity index (χ2n) is 5.47. The molecule has 5 heteroatoms. The zero-order chi connectivity index (χ0) is 17.6. The average Bonchev–Trinajstić information content (AvgIpc) is 2.60. The molecule has 0 fully saturated rings. The summed E-state index contributed by atoms with van der Waals surface area (Å²) in [6.45, 7) is 4.01. The number of sulfonamides is 1. The number of ether oxygens (including phenoxy) is 1. The molecule has 0 saturated carbocycles. The van der Waals surface area contributed by atoms with Gasteiger partial charge in [0, 0.05) is 6.04 Å². The fourth-order valence-corrected chi connectivity index (χ4v) is 3.44. The fourth-order valence-electron chi connectivity index (χ4n) is 2.11. The predicted octanol–water partition coefficient (Wildman–Crippen LogP) is 3.44. The van der Waals surface area contributed by atoms with Gasteiger partial charge in [-0.2, -0.15) is 0 Å². The highest BCUT2D eigenvalue weighted by Gasteiger charge is 2.16. The molecular weight excluding hydrogens is 322 g/mol. The molecule has 0 spiro atoms. The molecule has 4 nitrogen and oxygen atoms in total. The monoisotopic (exact) mass is 343 g/mol. The normalized spacial score (nSPS) is 12.4. The highest BCUT2D eigenvalue weighted by atomic mass is 32.2. The molecule has 2 aromatic carbocycles. The number of rotatable bonds is 7. The molecule has 2 rings (SSSR count). The van der Waals surface area contributed by atoms with Crippen LogP contribution in [0.3, 0.4) is 0 Å². The third-order valence-electron chi connectivity index (χ3n) is 3.64. The van der Waals surface area contributed by atoms with E-state index in [9.17, 15) is 8.42 Å². The average molecular weight is 343 g/mol. The lowest BCUT2D eigenvalue weighted by Gasteiger charge is -2.12. The molecule has 0 bridgehead atoms. The van der Waals surface area contributed by atoms with E-state index in [1.807, 2.05) is 38.1 Å². The van der Waals surface area contributed by atoms with Crippen LogP contribution in [0.1, 0.15) is 20.3 Å². The topological polar surface area (TPSA) is 55.4 Å². The standard InChI is InChI=1S/C19H21NO3S/c1-4-14-23-18-10-6-16(7-11-18)17-8-12-19(13-9-17)24(21,22)20-15(3)5-2/h1,6-13,15,20H,5,14H2,2-3H3. The van der Waals surface area contributed by atoms with Gasteiger partial charge in [0.25, 0.3) is 0 Å². The molecule has 0 heterocycles. The zero-order valence-corrected chi connectivity index (χ0v) is 14.6. The van der Waals surface area contributed by atoms with Gasteiger partial charge in [-0.1, -0.05) is 37.1 Å². The number of hydrogen-bond donors (Lipinski definition) is 1. The van der Waals surface area contributed by atoms with Crippen LogP contribution in [0.25, 0.3) is 11.1 Å². The van der Waals surface area contributed by atoms with E-state index in [4.69, 9.17) is 11.2 Å². The van der Waals surface area contributed by atoms with Gasteiger partial charge in [-0.3, -0.25) is 0 Å². The second-order valence-corrected chi connectivity index (χ2v) is 7.19. The van der Waals surface area contributed by atoms with Gasteiger partial charge in [-0.15, -0.1) is 6.42 Å². The van der Waals surface area contributed by atoms with Crippen molar-refractivity contribution in [3.8, 4) is 29.2 Å². The van der Waals surface area contributed by atoms with E-state index >= 15 is 0 Å². The second kappa shape index (κ2) is 8.00. The van der Waals surface area contributed by atoms with Crippen LogP contribution in [0.5, 0.6) is 5.75 Å². The lowest BCUT2D eigenvalue weighted by molar-refractivity contribution is 0.370. The Morgan fingerprint density at radius 3 is 2.12 bits per heavy atom. The van der Waals surface area contributed by atoms with Crippen molar-refractivity contribution in [1.29, 1.82) is 0 Å². The Kier molecular flexibility index (Phi) is 6.02. The van der Waals surface area contributed by atoms with Gasteiger partial charge in [-0.05, 0) is 48.7 Å². The molecule has 1 unspecified atom stereocenters. The molecule has 1 atom stereocenters. The van der Waals surface area contributed by atoms with Crippen molar-refractivity contribution in [2.24, 2.45) is 0 Å². The Labute approximate surface area is 143 Å². The molecule has 0 aliphatic heterocycles. The summed E-state index contributed by atoms with van der Waals surface area (Å²) >= 11 is 0. The Bertz CT molecular complexity index is 803. The van der Waals surface area contributed by atoms with Crippen molar-refractivity contribution in [2.75, 3.05) is 6.61 Å². The summed E-state index contributed by atoms with van der Waals surface area (Å²) < 4.78 is 32.5. The van der Waals surface area contributed by atoms with E-state index in [0.717, 1.165) is 17.5 Å². The van der Waals surface area contributed by atoms with E-state index in [2.05, 4.69) is 10.6 Å². The molecule has 0 aromatic heterocycles. The van der Waals surface area contributed by atoms with Gasteiger partial charge in [0.05, 0.1) is 4.90 Å². The number of nitrogens with one attached hydrogen (secondary N) is 1. The lowest BCUT2D eigenvalue weighted by Crippen LogP contribution is -2.31. The van der Waals surface area contributed by atoms with Gasteiger partial charge in [-0.25, -0.2) is 13.1 Å². The quantitative estimate of drug-likeness (QED) is 0.784. The van der Waals surface area contributed by atoms with Crippen molar-refractivity contribution in [3.05, 3.63) is 48.5 Å². The Morgan fingerprint density at radius 2 is 1.62 bits per heavy atom. The largest absolute Gasteiger partial charge is 0.481 e. The van der Waals surface area contributed by atoms with E-state index in [-0.39, 0.29) is 17.5 Å². The van der Waals surface area contributed by atoms with Crippen molar-refractivity contribution in [2.45, 2.75) is 31.2 Å². The van der Waals surface area contributed by atoms with Crippen LogP contribution in [0.15, 0.2) is 53.4 Å². The summed E-state index contributed by atoms with van der Waals surface area (Å²) in [5.74, 6) is 3.12. The van der Waals surface area contributed by atoms with E-state index in [0.29, 0.717) is 5.75 Å². The zero-order valence-electron chi connectivity index (χ0n) is 13.8. The minimum absolute atomic E-state index is 0.0924. The van der Waals surface area contributed by atoms with Crippen molar-refractivity contribution >= 4 is 10.0 Å². The van der Waals surface area contributed by atoms with Crippen LogP contribution in [0.2, 0.25) is 0 Å². The summed E-state index contributed by atoms with van der Waals surface area (Å²) in [4.78, 5) is 0.264. The van der Waals surface area contributed by atoms with E-state index in [1.54, 1.807) is 24.3 Å². The first-order valence-corrected chi connectivity index (χ1v) is 9.23. The third-order valence-corrected chi connectivity index (χ3v) is 5.25. The molecule has 0 radical (unpaired) electrons. The summed E-state index contributed by atoms with van der Waals surface area (Å²) in [7, 11) is -3.48. The van der Waals surface area contributed by atoms with Gasteiger partial charge >= 0.3 is 0 Å². The summed E-state index contributed by atoms with van der Waals surface area (Å²) in [5, 5.41) is 0. The van der Waals surface area contributed by atoms with Crippen molar-refractivity contribution < 1.29 is 13.2 Å². The molecule has 126 valence electrons. The third kappa shape index (κ3) is 4.60. The molecule has 0 saturated heterocycles. The molecule has 1 N–H and O–H groups in total. The Hall–Kier alpha value is -2.29. The Morgan fingerprint density at radius 1 is 1.08 bits per heavy atom. The fraction of sp³-hybridized carbons (Fsp3) is 0.263. The number of hydrogen-bond acceptors (Lipinski definition) is 3. The first-order valence-electron chi connectivity index (χ1n) is 7.75. The van der Waals surface area contributed by atoms with Gasteiger partial charge in [0.2, 0.25) is 10.0 Å². The predicted molar refractivity (Wildman–Crippen MR) is 96.3 cm³/mol. The lowest BCUT2D eigenvalue weighted by atomic mass is 10.1. The minimum Gasteiger partial charge on any atom is -0.481 e. The maximum Gasteiger partial charge on any atom is 0.240 e. The maximum absolute atomic E-state index is 12.3.